The number of halogens is 4. The Morgan fingerprint density at radius 2 is 1.61 bits per heavy atom. The van der Waals surface area contributed by atoms with Crippen molar-refractivity contribution in [1.82, 2.24) is 0 Å². The van der Waals surface area contributed by atoms with Crippen LogP contribution in [0.1, 0.15) is 17.2 Å². The number of hydrogen-bond donors (Lipinski definition) is 1. The predicted octanol–water partition coefficient (Wildman–Crippen LogP) is 5.60. The molecule has 0 fully saturated rings. The van der Waals surface area contributed by atoms with Crippen molar-refractivity contribution >= 4 is 55.1 Å². The van der Waals surface area contributed by atoms with E-state index in [1.165, 1.54) is 0 Å². The summed E-state index contributed by atoms with van der Waals surface area (Å²) in [4.78, 5) is 0. The second-order valence-corrected chi connectivity index (χ2v) is 6.35. The maximum Gasteiger partial charge on any atom is 0.107 e. The van der Waals surface area contributed by atoms with E-state index >= 15 is 0 Å². The second-order valence-electron chi connectivity index (χ2n) is 3.73. The third-order valence-corrected chi connectivity index (χ3v) is 4.26. The van der Waals surface area contributed by atoms with Gasteiger partial charge in [-0.3, -0.25) is 0 Å². The van der Waals surface area contributed by atoms with Gasteiger partial charge in [0.1, 0.15) is 6.10 Å². The van der Waals surface area contributed by atoms with Gasteiger partial charge in [-0.2, -0.15) is 0 Å². The first-order valence-corrected chi connectivity index (χ1v) is 7.41. The van der Waals surface area contributed by atoms with Gasteiger partial charge in [0.2, 0.25) is 0 Å². The van der Waals surface area contributed by atoms with Crippen LogP contribution in [0.15, 0.2) is 45.3 Å². The second kappa shape index (κ2) is 5.93. The van der Waals surface area contributed by atoms with E-state index in [0.717, 1.165) is 14.5 Å². The highest BCUT2D eigenvalue weighted by Crippen LogP contribution is 2.34. The highest BCUT2D eigenvalue weighted by Gasteiger charge is 2.16. The van der Waals surface area contributed by atoms with Crippen LogP contribution in [0.25, 0.3) is 0 Å². The van der Waals surface area contributed by atoms with Crippen molar-refractivity contribution in [3.8, 4) is 0 Å². The van der Waals surface area contributed by atoms with Crippen molar-refractivity contribution in [3.05, 3.63) is 66.5 Å². The minimum atomic E-state index is -0.794. The molecular formula is C13H8Br2Cl2O. The summed E-state index contributed by atoms with van der Waals surface area (Å²) >= 11 is 18.7. The third-order valence-electron chi connectivity index (χ3n) is 2.51. The van der Waals surface area contributed by atoms with Crippen molar-refractivity contribution in [3.63, 3.8) is 0 Å². The van der Waals surface area contributed by atoms with E-state index in [-0.39, 0.29) is 0 Å². The molecule has 2 aromatic rings. The Kier molecular flexibility index (Phi) is 4.73. The van der Waals surface area contributed by atoms with Gasteiger partial charge in [-0.05, 0) is 29.8 Å². The number of rotatable bonds is 2. The van der Waals surface area contributed by atoms with Gasteiger partial charge >= 0.3 is 0 Å². The first kappa shape index (κ1) is 14.4. The molecule has 0 heterocycles. The Morgan fingerprint density at radius 1 is 0.944 bits per heavy atom. The molecule has 0 saturated heterocycles. The summed E-state index contributed by atoms with van der Waals surface area (Å²) in [6, 6.07) is 10.6. The fraction of sp³-hybridized carbons (Fsp3) is 0.0769. The molecule has 18 heavy (non-hydrogen) atoms. The predicted molar refractivity (Wildman–Crippen MR) is 82.4 cm³/mol. The van der Waals surface area contributed by atoms with Crippen molar-refractivity contribution in [1.29, 1.82) is 0 Å². The van der Waals surface area contributed by atoms with E-state index in [4.69, 9.17) is 23.2 Å². The molecule has 1 atom stereocenters. The Hall–Kier alpha value is -0.0600. The van der Waals surface area contributed by atoms with Gasteiger partial charge in [-0.1, -0.05) is 67.2 Å². The molecule has 0 aliphatic rings. The Balaban J connectivity index is 2.44. The fourth-order valence-corrected chi connectivity index (χ4v) is 3.39. The fourth-order valence-electron chi connectivity index (χ4n) is 1.61. The molecule has 0 saturated carbocycles. The molecule has 0 aliphatic heterocycles. The first-order valence-electron chi connectivity index (χ1n) is 5.07. The smallest absolute Gasteiger partial charge is 0.107 e. The highest BCUT2D eigenvalue weighted by molar-refractivity contribution is 9.11. The average molecular weight is 411 g/mol. The third kappa shape index (κ3) is 3.09. The zero-order chi connectivity index (χ0) is 13.3. The number of aliphatic hydroxyl groups is 1. The molecule has 0 bridgehead atoms. The van der Waals surface area contributed by atoms with Gasteiger partial charge in [0.25, 0.3) is 0 Å². The molecule has 0 spiro atoms. The summed E-state index contributed by atoms with van der Waals surface area (Å²) in [5, 5.41) is 11.4. The molecule has 0 amide bonds. The first-order chi connectivity index (χ1) is 8.49. The van der Waals surface area contributed by atoms with E-state index < -0.39 is 6.10 Å². The van der Waals surface area contributed by atoms with Gasteiger partial charge < -0.3 is 5.11 Å². The van der Waals surface area contributed by atoms with Crippen LogP contribution in [0, 0.1) is 0 Å². The van der Waals surface area contributed by atoms with Gasteiger partial charge in [-0.15, -0.1) is 0 Å². The van der Waals surface area contributed by atoms with Crippen molar-refractivity contribution < 1.29 is 5.11 Å². The molecular weight excluding hydrogens is 403 g/mol. The van der Waals surface area contributed by atoms with E-state index in [0.29, 0.717) is 15.6 Å². The van der Waals surface area contributed by atoms with Crippen molar-refractivity contribution in [2.24, 2.45) is 0 Å². The molecule has 1 nitrogen and oxygen atoms in total. The molecule has 2 rings (SSSR count). The van der Waals surface area contributed by atoms with Crippen LogP contribution in [0.5, 0.6) is 0 Å². The molecule has 0 aliphatic carbocycles. The summed E-state index contributed by atoms with van der Waals surface area (Å²) in [7, 11) is 0. The van der Waals surface area contributed by atoms with Gasteiger partial charge in [-0.25, -0.2) is 0 Å². The Morgan fingerprint density at radius 3 is 2.22 bits per heavy atom. The maximum atomic E-state index is 10.4. The lowest BCUT2D eigenvalue weighted by molar-refractivity contribution is 0.219. The number of benzene rings is 2. The summed E-state index contributed by atoms with van der Waals surface area (Å²) in [5.41, 5.74) is 1.38. The molecule has 0 radical (unpaired) electrons. The molecule has 0 aromatic heterocycles. The van der Waals surface area contributed by atoms with E-state index in [2.05, 4.69) is 31.9 Å². The minimum absolute atomic E-state index is 0.449. The lowest BCUT2D eigenvalue weighted by atomic mass is 10.0. The zero-order valence-corrected chi connectivity index (χ0v) is 13.7. The quantitative estimate of drug-likeness (QED) is 0.683. The van der Waals surface area contributed by atoms with Gasteiger partial charge in [0.05, 0.1) is 0 Å². The van der Waals surface area contributed by atoms with E-state index in [1.807, 2.05) is 18.2 Å². The lowest BCUT2D eigenvalue weighted by Gasteiger charge is -2.15. The molecule has 1 unspecified atom stereocenters. The van der Waals surface area contributed by atoms with Crippen molar-refractivity contribution in [2.75, 3.05) is 0 Å². The summed E-state index contributed by atoms with van der Waals surface area (Å²) in [6.45, 7) is 0. The Labute approximate surface area is 132 Å². The summed E-state index contributed by atoms with van der Waals surface area (Å²) in [6.07, 6.45) is -0.794. The van der Waals surface area contributed by atoms with Gasteiger partial charge in [0.15, 0.2) is 0 Å². The van der Waals surface area contributed by atoms with Gasteiger partial charge in [0, 0.05) is 24.6 Å². The molecule has 94 valence electrons. The summed E-state index contributed by atoms with van der Waals surface area (Å²) < 4.78 is 1.75. The van der Waals surface area contributed by atoms with Crippen LogP contribution in [0.3, 0.4) is 0 Å². The van der Waals surface area contributed by atoms with E-state index in [1.54, 1.807) is 18.2 Å². The van der Waals surface area contributed by atoms with Crippen LogP contribution < -0.4 is 0 Å². The normalized spacial score (nSPS) is 12.5. The monoisotopic (exact) mass is 408 g/mol. The van der Waals surface area contributed by atoms with Crippen LogP contribution >= 0.6 is 55.1 Å². The van der Waals surface area contributed by atoms with E-state index in [9.17, 15) is 5.11 Å². The van der Waals surface area contributed by atoms with Crippen LogP contribution in [0.2, 0.25) is 10.0 Å². The van der Waals surface area contributed by atoms with Crippen LogP contribution in [-0.4, -0.2) is 5.11 Å². The molecule has 1 N–H and O–H groups in total. The number of hydrogen-bond acceptors (Lipinski definition) is 1. The highest BCUT2D eigenvalue weighted by atomic mass is 79.9. The van der Waals surface area contributed by atoms with Crippen molar-refractivity contribution in [2.45, 2.75) is 6.10 Å². The standard InChI is InChI=1S/C13H8Br2Cl2O/c14-7-1-3-9(11(15)5-7)13(18)10-4-2-8(16)6-12(10)17/h1-6,13,18H. The zero-order valence-electron chi connectivity index (χ0n) is 9.00. The summed E-state index contributed by atoms with van der Waals surface area (Å²) in [5.74, 6) is 0. The maximum absolute atomic E-state index is 10.4. The molecule has 5 heteroatoms. The Bertz CT molecular complexity index is 536. The molecule has 2 aromatic carbocycles. The average Bonchev–Trinajstić information content (AvgIpc) is 2.28. The SMILES string of the molecule is OC(c1ccc(Cl)cc1Cl)c1ccc(Br)cc1Br. The van der Waals surface area contributed by atoms with Crippen LogP contribution in [-0.2, 0) is 0 Å². The topological polar surface area (TPSA) is 20.2 Å². The lowest BCUT2D eigenvalue weighted by Crippen LogP contribution is -2.01. The number of aliphatic hydroxyl groups excluding tert-OH is 1. The largest absolute Gasteiger partial charge is 0.384 e. The van der Waals surface area contributed by atoms with Crippen LogP contribution in [0.4, 0.5) is 0 Å². The minimum Gasteiger partial charge on any atom is -0.384 e.